The molecule has 0 spiro atoms. The van der Waals surface area contributed by atoms with Crippen molar-refractivity contribution in [3.8, 4) is 0 Å². The van der Waals surface area contributed by atoms with E-state index in [0.717, 1.165) is 0 Å². The molecule has 0 saturated carbocycles. The van der Waals surface area contributed by atoms with E-state index in [2.05, 4.69) is 12.2 Å². The molecule has 0 radical (unpaired) electrons. The largest absolute Gasteiger partial charge is 0.393 e. The maximum Gasteiger partial charge on any atom is 0.142 e. The highest BCUT2D eigenvalue weighted by molar-refractivity contribution is 7.80. The molecule has 9 heavy (non-hydrogen) atoms. The molecule has 0 aliphatic carbocycles. The van der Waals surface area contributed by atoms with Crippen LogP contribution in [0.3, 0.4) is 0 Å². The summed E-state index contributed by atoms with van der Waals surface area (Å²) in [6, 6.07) is 0. The van der Waals surface area contributed by atoms with Crippen molar-refractivity contribution in [2.75, 3.05) is 0 Å². The van der Waals surface area contributed by atoms with Crippen molar-refractivity contribution in [2.24, 2.45) is 11.1 Å². The topological polar surface area (TPSA) is 43.1 Å². The Bertz CT molecular complexity index is 135. The normalized spacial score (nSPS) is 11.0. The van der Waals surface area contributed by atoms with E-state index < -0.39 is 5.41 Å². The van der Waals surface area contributed by atoms with E-state index in [1.165, 1.54) is 6.92 Å². The van der Waals surface area contributed by atoms with Gasteiger partial charge in [-0.15, -0.1) is 0 Å². The third-order valence-corrected chi connectivity index (χ3v) is 2.01. The molecule has 0 saturated heterocycles. The molecule has 0 heterocycles. The Kier molecular flexibility index (Phi) is 2.32. The second kappa shape index (κ2) is 2.43. The molecule has 0 bridgehead atoms. The van der Waals surface area contributed by atoms with E-state index in [9.17, 15) is 4.79 Å². The van der Waals surface area contributed by atoms with Gasteiger partial charge < -0.3 is 5.73 Å². The van der Waals surface area contributed by atoms with Gasteiger partial charge in [-0.2, -0.15) is 0 Å². The highest BCUT2D eigenvalue weighted by atomic mass is 32.1. The number of nitrogens with two attached hydrogens (primary N) is 1. The molecule has 0 rings (SSSR count). The van der Waals surface area contributed by atoms with Crippen LogP contribution in [-0.2, 0) is 4.79 Å². The Morgan fingerprint density at radius 3 is 1.89 bits per heavy atom. The summed E-state index contributed by atoms with van der Waals surface area (Å²) in [7, 11) is 0. The van der Waals surface area contributed by atoms with Crippen molar-refractivity contribution in [3.63, 3.8) is 0 Å². The first-order valence-corrected chi connectivity index (χ1v) is 3.11. The first-order chi connectivity index (χ1) is 3.89. The van der Waals surface area contributed by atoms with Crippen molar-refractivity contribution < 1.29 is 4.79 Å². The highest BCUT2D eigenvalue weighted by Gasteiger charge is 2.26. The summed E-state index contributed by atoms with van der Waals surface area (Å²) in [5.74, 6) is 0.00926. The predicted molar refractivity (Wildman–Crippen MR) is 41.2 cm³/mol. The minimum atomic E-state index is -0.630. The number of carbonyl (C=O) groups is 1. The maximum atomic E-state index is 10.7. The summed E-state index contributed by atoms with van der Waals surface area (Å²) < 4.78 is 0. The number of ketones is 1. The van der Waals surface area contributed by atoms with E-state index in [0.29, 0.717) is 0 Å². The summed E-state index contributed by atoms with van der Waals surface area (Å²) in [6.45, 7) is 4.93. The Hall–Kier alpha value is -0.440. The molecule has 3 heteroatoms. The molecular weight excluding hydrogens is 134 g/mol. The number of hydrogen-bond donors (Lipinski definition) is 1. The molecule has 0 aliphatic rings. The van der Waals surface area contributed by atoms with Gasteiger partial charge in [0.15, 0.2) is 0 Å². The summed E-state index contributed by atoms with van der Waals surface area (Å²) in [6.07, 6.45) is 0. The van der Waals surface area contributed by atoms with E-state index in [4.69, 9.17) is 5.73 Å². The van der Waals surface area contributed by atoms with Crippen LogP contribution in [0.1, 0.15) is 20.8 Å². The van der Waals surface area contributed by atoms with Crippen LogP contribution >= 0.6 is 12.2 Å². The molecule has 52 valence electrons. The average Bonchev–Trinajstić information content (AvgIpc) is 1.65. The van der Waals surface area contributed by atoms with Crippen molar-refractivity contribution >= 4 is 23.0 Å². The van der Waals surface area contributed by atoms with Crippen molar-refractivity contribution in [2.45, 2.75) is 20.8 Å². The number of carbonyl (C=O) groups excluding carboxylic acids is 1. The third kappa shape index (κ3) is 1.75. The van der Waals surface area contributed by atoms with Crippen LogP contribution < -0.4 is 5.73 Å². The standard InChI is InChI=1S/C6H11NOS/c1-4(8)6(2,3)5(7)9/h1-3H3,(H2,7,9). The first kappa shape index (κ1) is 8.56. The molecule has 0 aromatic heterocycles. The van der Waals surface area contributed by atoms with Crippen molar-refractivity contribution in [1.82, 2.24) is 0 Å². The van der Waals surface area contributed by atoms with Gasteiger partial charge in [0.05, 0.1) is 10.4 Å². The zero-order valence-corrected chi connectivity index (χ0v) is 6.71. The van der Waals surface area contributed by atoms with Crippen molar-refractivity contribution in [1.29, 1.82) is 0 Å². The Morgan fingerprint density at radius 1 is 1.56 bits per heavy atom. The molecule has 0 aromatic rings. The zero-order valence-electron chi connectivity index (χ0n) is 5.89. The van der Waals surface area contributed by atoms with Crippen LogP contribution in [0.4, 0.5) is 0 Å². The van der Waals surface area contributed by atoms with Gasteiger partial charge >= 0.3 is 0 Å². The van der Waals surface area contributed by atoms with Crippen LogP contribution in [0.15, 0.2) is 0 Å². The second-order valence-electron chi connectivity index (χ2n) is 2.55. The number of hydrogen-bond acceptors (Lipinski definition) is 2. The lowest BCUT2D eigenvalue weighted by atomic mass is 9.89. The van der Waals surface area contributed by atoms with Gasteiger partial charge in [-0.05, 0) is 20.8 Å². The van der Waals surface area contributed by atoms with Crippen molar-refractivity contribution in [3.05, 3.63) is 0 Å². The first-order valence-electron chi connectivity index (χ1n) is 2.70. The molecule has 0 aromatic carbocycles. The molecule has 0 aliphatic heterocycles. The summed E-state index contributed by atoms with van der Waals surface area (Å²) in [5, 5.41) is 0. The highest BCUT2D eigenvalue weighted by Crippen LogP contribution is 2.15. The maximum absolute atomic E-state index is 10.7. The van der Waals surface area contributed by atoms with Gasteiger partial charge in [-0.3, -0.25) is 4.79 Å². The van der Waals surface area contributed by atoms with E-state index in [1.807, 2.05) is 0 Å². The monoisotopic (exact) mass is 145 g/mol. The Balaban J connectivity index is 4.38. The molecule has 0 unspecified atom stereocenters. The van der Waals surface area contributed by atoms with Gasteiger partial charge in [0, 0.05) is 0 Å². The van der Waals surface area contributed by atoms with E-state index in [-0.39, 0.29) is 10.8 Å². The molecule has 2 nitrogen and oxygen atoms in total. The fourth-order valence-electron chi connectivity index (χ4n) is 0.173. The SMILES string of the molecule is CC(=O)C(C)(C)C(N)=S. The Morgan fingerprint density at radius 2 is 1.89 bits per heavy atom. The lowest BCUT2D eigenvalue weighted by molar-refractivity contribution is -0.121. The summed E-state index contributed by atoms with van der Waals surface area (Å²) in [4.78, 5) is 11.0. The van der Waals surface area contributed by atoms with Gasteiger partial charge in [-0.25, -0.2) is 0 Å². The smallest absolute Gasteiger partial charge is 0.142 e. The lowest BCUT2D eigenvalue weighted by Crippen LogP contribution is -2.35. The predicted octanol–water partition coefficient (Wildman–Crippen LogP) is 0.888. The number of thiocarbonyl (C=S) groups is 1. The molecule has 2 N–H and O–H groups in total. The quantitative estimate of drug-likeness (QED) is 0.587. The number of Topliss-reactive ketones (excluding diaryl/α,β-unsaturated/α-hetero) is 1. The minimum absolute atomic E-state index is 0.00926. The van der Waals surface area contributed by atoms with Crippen LogP contribution in [0, 0.1) is 5.41 Å². The minimum Gasteiger partial charge on any atom is -0.393 e. The van der Waals surface area contributed by atoms with Gasteiger partial charge in [-0.1, -0.05) is 12.2 Å². The van der Waals surface area contributed by atoms with Gasteiger partial charge in [0.25, 0.3) is 0 Å². The fraction of sp³-hybridized carbons (Fsp3) is 0.667. The van der Waals surface area contributed by atoms with Gasteiger partial charge in [0.2, 0.25) is 0 Å². The van der Waals surface area contributed by atoms with Crippen LogP contribution in [0.5, 0.6) is 0 Å². The lowest BCUT2D eigenvalue weighted by Gasteiger charge is -2.18. The molecular formula is C6H11NOS. The van der Waals surface area contributed by atoms with Crippen LogP contribution in [0.25, 0.3) is 0 Å². The van der Waals surface area contributed by atoms with E-state index >= 15 is 0 Å². The molecule has 0 atom stereocenters. The van der Waals surface area contributed by atoms with E-state index in [1.54, 1.807) is 13.8 Å². The Labute approximate surface area is 60.4 Å². The summed E-state index contributed by atoms with van der Waals surface area (Å²) >= 11 is 4.66. The fourth-order valence-corrected chi connectivity index (χ4v) is 0.317. The number of rotatable bonds is 2. The molecule has 0 amide bonds. The zero-order chi connectivity index (χ0) is 7.65. The molecule has 0 fully saturated rings. The average molecular weight is 145 g/mol. The second-order valence-corrected chi connectivity index (χ2v) is 2.99. The third-order valence-electron chi connectivity index (χ3n) is 1.50. The summed E-state index contributed by atoms with van der Waals surface area (Å²) in [5.41, 5.74) is 4.65. The van der Waals surface area contributed by atoms with Gasteiger partial charge in [0.1, 0.15) is 5.78 Å². The van der Waals surface area contributed by atoms with Crippen LogP contribution in [0.2, 0.25) is 0 Å². The van der Waals surface area contributed by atoms with Crippen LogP contribution in [-0.4, -0.2) is 10.8 Å².